The number of halogens is 1. The molecule has 1 aromatic rings. The van der Waals surface area contributed by atoms with Gasteiger partial charge in [0.15, 0.2) is 0 Å². The Morgan fingerprint density at radius 2 is 1.67 bits per heavy atom. The van der Waals surface area contributed by atoms with Crippen LogP contribution in [-0.2, 0) is 11.3 Å². The summed E-state index contributed by atoms with van der Waals surface area (Å²) in [6, 6.07) is 4.89. The van der Waals surface area contributed by atoms with Crippen LogP contribution in [0, 0.1) is 28.5 Å². The van der Waals surface area contributed by atoms with E-state index in [-0.39, 0.29) is 17.3 Å². The number of likely N-dealkylation sites (N-methyl/N-ethyl adjacent to an activating group) is 1. The maximum atomic E-state index is 15.2. The number of anilines is 1. The highest BCUT2D eigenvalue weighted by molar-refractivity contribution is 5.90. The fourth-order valence-electron chi connectivity index (χ4n) is 10.5. The molecule has 2 N–H and O–H groups in total. The minimum Gasteiger partial charge on any atom is -0.341 e. The van der Waals surface area contributed by atoms with Crippen molar-refractivity contribution in [3.05, 3.63) is 29.6 Å². The maximum Gasteiger partial charge on any atom is 0.319 e. The Labute approximate surface area is 270 Å². The van der Waals surface area contributed by atoms with Crippen LogP contribution in [0.5, 0.6) is 0 Å². The Bertz CT molecular complexity index is 1210. The summed E-state index contributed by atoms with van der Waals surface area (Å²) >= 11 is 0. The molecule has 6 aliphatic rings. The summed E-state index contributed by atoms with van der Waals surface area (Å²) in [5.41, 5.74) is 1.55. The average molecular weight is 625 g/mol. The van der Waals surface area contributed by atoms with E-state index in [1.165, 1.54) is 19.3 Å². The zero-order valence-corrected chi connectivity index (χ0v) is 28.3. The van der Waals surface area contributed by atoms with Crippen molar-refractivity contribution in [3.8, 4) is 0 Å². The first-order valence-corrected chi connectivity index (χ1v) is 17.6. The highest BCUT2D eigenvalue weighted by Gasteiger charge is 2.60. The van der Waals surface area contributed by atoms with E-state index < -0.39 is 5.82 Å². The second-order valence-electron chi connectivity index (χ2n) is 16.6. The lowest BCUT2D eigenvalue weighted by molar-refractivity contribution is -0.132. The van der Waals surface area contributed by atoms with Crippen LogP contribution in [0.3, 0.4) is 0 Å². The zero-order chi connectivity index (χ0) is 31.8. The quantitative estimate of drug-likeness (QED) is 0.386. The Balaban J connectivity index is 0.952. The molecule has 0 aromatic heterocycles. The molecule has 2 saturated heterocycles. The van der Waals surface area contributed by atoms with Crippen LogP contribution in [-0.4, -0.2) is 104 Å². The predicted octanol–water partition coefficient (Wildman–Crippen LogP) is 5.39. The molecule has 9 heteroatoms. The lowest BCUT2D eigenvalue weighted by atomic mass is 9.43. The van der Waals surface area contributed by atoms with Crippen molar-refractivity contribution in [1.29, 1.82) is 0 Å². The van der Waals surface area contributed by atoms with E-state index in [2.05, 4.69) is 58.2 Å². The predicted molar refractivity (Wildman–Crippen MR) is 178 cm³/mol. The second kappa shape index (κ2) is 13.1. The Morgan fingerprint density at radius 1 is 0.933 bits per heavy atom. The Hall–Kier alpha value is -2.23. The van der Waals surface area contributed by atoms with Gasteiger partial charge in [0.25, 0.3) is 0 Å². The molecule has 4 bridgehead atoms. The van der Waals surface area contributed by atoms with E-state index in [9.17, 15) is 9.59 Å². The lowest BCUT2D eigenvalue weighted by Gasteiger charge is -2.65. The van der Waals surface area contributed by atoms with Gasteiger partial charge in [0.1, 0.15) is 5.82 Å². The van der Waals surface area contributed by atoms with Crippen molar-refractivity contribution < 1.29 is 14.0 Å². The van der Waals surface area contributed by atoms with E-state index in [1.54, 1.807) is 12.1 Å². The van der Waals surface area contributed by atoms with Crippen LogP contribution >= 0.6 is 0 Å². The van der Waals surface area contributed by atoms with Crippen LogP contribution in [0.4, 0.5) is 14.9 Å². The third kappa shape index (κ3) is 8.02. The van der Waals surface area contributed by atoms with Crippen molar-refractivity contribution in [2.75, 3.05) is 71.8 Å². The topological polar surface area (TPSA) is 71.2 Å². The number of nitrogens with zero attached hydrogens (tertiary/aromatic N) is 4. The van der Waals surface area contributed by atoms with Crippen LogP contribution < -0.4 is 10.6 Å². The van der Waals surface area contributed by atoms with Gasteiger partial charge in [-0.1, -0.05) is 19.9 Å². The fraction of sp³-hybridized carbons (Fsp3) is 0.778. The second-order valence-corrected chi connectivity index (χ2v) is 16.6. The van der Waals surface area contributed by atoms with Crippen molar-refractivity contribution >= 4 is 17.6 Å². The van der Waals surface area contributed by atoms with Crippen molar-refractivity contribution in [1.82, 2.24) is 24.9 Å². The van der Waals surface area contributed by atoms with Crippen molar-refractivity contribution in [2.24, 2.45) is 22.7 Å². The van der Waals surface area contributed by atoms with Gasteiger partial charge in [-0.05, 0) is 125 Å². The maximum absolute atomic E-state index is 15.2. The number of rotatable bonds is 9. The molecule has 250 valence electrons. The molecule has 7 rings (SSSR count). The number of piperidine rings is 1. The minimum absolute atomic E-state index is 0.172. The fourth-order valence-corrected chi connectivity index (χ4v) is 10.5. The molecule has 2 aliphatic heterocycles. The number of hydrogen-bond donors (Lipinski definition) is 2. The largest absolute Gasteiger partial charge is 0.341 e. The molecular formula is C36H57FN6O2. The average Bonchev–Trinajstić information content (AvgIpc) is 3.17. The Morgan fingerprint density at radius 3 is 2.33 bits per heavy atom. The van der Waals surface area contributed by atoms with E-state index in [1.807, 2.05) is 6.07 Å². The summed E-state index contributed by atoms with van der Waals surface area (Å²) in [6.45, 7) is 13.0. The van der Waals surface area contributed by atoms with Crippen molar-refractivity contribution in [2.45, 2.75) is 90.1 Å². The van der Waals surface area contributed by atoms with Gasteiger partial charge in [0.2, 0.25) is 5.91 Å². The van der Waals surface area contributed by atoms with Gasteiger partial charge < -0.3 is 25.3 Å². The zero-order valence-electron chi connectivity index (χ0n) is 28.3. The molecule has 6 fully saturated rings. The van der Waals surface area contributed by atoms with Gasteiger partial charge in [0.05, 0.1) is 5.69 Å². The molecule has 2 heterocycles. The third-order valence-corrected chi connectivity index (χ3v) is 11.7. The number of carbonyl (C=O) groups excluding carboxylic acids is 2. The molecule has 4 saturated carbocycles. The van der Waals surface area contributed by atoms with Crippen molar-refractivity contribution in [3.63, 3.8) is 0 Å². The summed E-state index contributed by atoms with van der Waals surface area (Å²) in [5, 5.41) is 6.15. The van der Waals surface area contributed by atoms with Gasteiger partial charge in [-0.25, -0.2) is 9.18 Å². The normalized spacial score (nSPS) is 32.6. The van der Waals surface area contributed by atoms with Gasteiger partial charge >= 0.3 is 6.03 Å². The minimum atomic E-state index is -0.397. The van der Waals surface area contributed by atoms with Gasteiger partial charge in [0, 0.05) is 57.8 Å². The highest BCUT2D eigenvalue weighted by atomic mass is 19.1. The first-order chi connectivity index (χ1) is 21.4. The number of amides is 3. The van der Waals surface area contributed by atoms with Crippen LogP contribution in [0.2, 0.25) is 0 Å². The molecular weight excluding hydrogens is 567 g/mol. The number of urea groups is 1. The van der Waals surface area contributed by atoms with Gasteiger partial charge in [-0.15, -0.1) is 0 Å². The smallest absolute Gasteiger partial charge is 0.319 e. The number of hydrogen-bond acceptors (Lipinski definition) is 5. The standard InChI is InChI=1S/C36H57FN6O2/c1-34-20-29-21-35(2,24-34)26-36(22-29,25-34)39-33(45)38-31-7-6-28(18-30(31)37)23-42-10-5-11-43(17-16-42)32(44)19-27-8-12-41(13-9-27)15-14-40(3)4/h6-7,18,27,29H,5,8-17,19-26H2,1-4H3,(H2,38,39,45)/t29?,34-,35+,36?. The molecule has 3 amide bonds. The summed E-state index contributed by atoms with van der Waals surface area (Å²) < 4.78 is 15.2. The summed E-state index contributed by atoms with van der Waals surface area (Å²) in [6.07, 6.45) is 10.7. The summed E-state index contributed by atoms with van der Waals surface area (Å²) in [7, 11) is 4.23. The summed E-state index contributed by atoms with van der Waals surface area (Å²) in [4.78, 5) is 35.4. The van der Waals surface area contributed by atoms with Crippen LogP contribution in [0.1, 0.15) is 83.6 Å². The highest BCUT2D eigenvalue weighted by Crippen LogP contribution is 2.66. The molecule has 45 heavy (non-hydrogen) atoms. The molecule has 8 nitrogen and oxygen atoms in total. The lowest BCUT2D eigenvalue weighted by Crippen LogP contribution is -2.65. The summed E-state index contributed by atoms with van der Waals surface area (Å²) in [5.74, 6) is 1.06. The van der Waals surface area contributed by atoms with Gasteiger partial charge in [-0.2, -0.15) is 0 Å². The molecule has 4 aliphatic carbocycles. The first-order valence-electron chi connectivity index (χ1n) is 17.6. The van der Waals surface area contributed by atoms with Gasteiger partial charge in [-0.3, -0.25) is 9.69 Å². The molecule has 2 unspecified atom stereocenters. The molecule has 4 atom stereocenters. The third-order valence-electron chi connectivity index (χ3n) is 11.7. The van der Waals surface area contributed by atoms with Crippen LogP contribution in [0.15, 0.2) is 18.2 Å². The molecule has 0 radical (unpaired) electrons. The monoisotopic (exact) mass is 624 g/mol. The van der Waals surface area contributed by atoms with E-state index in [0.29, 0.717) is 41.5 Å². The number of benzene rings is 1. The molecule has 0 spiro atoms. The number of nitrogens with one attached hydrogen (secondary N) is 2. The SMILES string of the molecule is CN(C)CCN1CCC(CC(=O)N2CCCN(Cc3ccc(NC(=O)NC45CC6C[C@@](C)(C4)C[C@](C)(C6)C5)c(F)c3)CC2)CC1. The number of carbonyl (C=O) groups is 2. The van der Waals surface area contributed by atoms with Crippen LogP contribution in [0.25, 0.3) is 0 Å². The van der Waals surface area contributed by atoms with E-state index in [4.69, 9.17) is 0 Å². The van der Waals surface area contributed by atoms with E-state index in [0.717, 1.165) is 96.4 Å². The van der Waals surface area contributed by atoms with E-state index >= 15 is 4.39 Å². The Kier molecular flexibility index (Phi) is 9.53. The first kappa shape index (κ1) is 32.7. The number of likely N-dealkylation sites (tertiary alicyclic amines) is 1. The molecule has 1 aromatic carbocycles.